The summed E-state index contributed by atoms with van der Waals surface area (Å²) in [7, 11) is -1.28. The maximum absolute atomic E-state index is 14.5. The van der Waals surface area contributed by atoms with Gasteiger partial charge in [-0.2, -0.15) is 0 Å². The number of fused-ring (bicyclic) bond motifs is 1. The van der Waals surface area contributed by atoms with Crippen LogP contribution in [0, 0.1) is 28.6 Å². The number of likely N-dealkylation sites (tertiary alicyclic amines) is 1. The number of rotatable bonds is 13. The first kappa shape index (κ1) is 36.1. The Morgan fingerprint density at radius 1 is 1.08 bits per heavy atom. The summed E-state index contributed by atoms with van der Waals surface area (Å²) >= 11 is 0. The number of nitrogens with one attached hydrogen (secondary N) is 3. The third-order valence-electron chi connectivity index (χ3n) is 11.0. The molecule has 0 spiro atoms. The van der Waals surface area contributed by atoms with Gasteiger partial charge >= 0.3 is 6.03 Å². The third kappa shape index (κ3) is 8.14. The molecule has 5 amide bonds. The van der Waals surface area contributed by atoms with Crippen LogP contribution in [0.25, 0.3) is 0 Å². The molecule has 1 aliphatic heterocycles. The van der Waals surface area contributed by atoms with E-state index >= 15 is 0 Å². The lowest BCUT2D eigenvalue weighted by atomic mass is 9.55. The van der Waals surface area contributed by atoms with E-state index in [4.69, 9.17) is 10.2 Å². The number of hydrogen-bond donors (Lipinski definition) is 4. The molecule has 4 fully saturated rings. The summed E-state index contributed by atoms with van der Waals surface area (Å²) in [6.45, 7) is 10.2. The van der Waals surface area contributed by atoms with Crippen molar-refractivity contribution in [3.63, 3.8) is 0 Å². The molecule has 48 heavy (non-hydrogen) atoms. The van der Waals surface area contributed by atoms with Gasteiger partial charge in [-0.05, 0) is 66.4 Å². The highest BCUT2D eigenvalue weighted by molar-refractivity contribution is 7.84. The molecule has 1 saturated heterocycles. The molecule has 3 saturated carbocycles. The zero-order valence-corrected chi connectivity index (χ0v) is 29.8. The highest BCUT2D eigenvalue weighted by Gasteiger charge is 2.61. The molecule has 12 nitrogen and oxygen atoms in total. The maximum atomic E-state index is 14.5. The number of amides is 5. The second-order valence-electron chi connectivity index (χ2n) is 16.4. The fourth-order valence-electron chi connectivity index (χ4n) is 8.17. The van der Waals surface area contributed by atoms with Crippen molar-refractivity contribution >= 4 is 40.3 Å². The van der Waals surface area contributed by atoms with Gasteiger partial charge in [-0.15, -0.1) is 0 Å². The Morgan fingerprint density at radius 3 is 2.33 bits per heavy atom. The standard InChI is InChI=1S/C35H53N5O7S/c1-33(2,3)28(38-32(45)39-35(13-7-6-8-14-35)20-48(46)19-22-10-9-15-47-22)31(44)40-18-24-23(17-34(24,4)5)26(40)30(43)37-25(16-21-11-12-21)27(41)29(36)42/h9-10,15,21,23-26,28H,6-8,11-14,16-20H2,1-5H3,(H2,36,42)(H,37,43)(H2,38,39,45)/t23?,24?,25?,26-,28+,48?/m0/s1. The summed E-state index contributed by atoms with van der Waals surface area (Å²) in [5.74, 6) is -1.41. The Morgan fingerprint density at radius 2 is 1.77 bits per heavy atom. The van der Waals surface area contributed by atoms with Crippen LogP contribution in [0.1, 0.15) is 98.2 Å². The Balaban J connectivity index is 1.33. The maximum Gasteiger partial charge on any atom is 0.315 e. The van der Waals surface area contributed by atoms with Crippen LogP contribution in [0.5, 0.6) is 0 Å². The van der Waals surface area contributed by atoms with Gasteiger partial charge in [0.1, 0.15) is 17.8 Å². The number of primary amides is 1. The van der Waals surface area contributed by atoms with E-state index in [0.717, 1.165) is 38.5 Å². The zero-order valence-electron chi connectivity index (χ0n) is 29.0. The molecule has 3 aliphatic carbocycles. The zero-order chi connectivity index (χ0) is 35.0. The van der Waals surface area contributed by atoms with Crippen molar-refractivity contribution in [1.82, 2.24) is 20.9 Å². The smallest absolute Gasteiger partial charge is 0.315 e. The van der Waals surface area contributed by atoms with Crippen LogP contribution in [-0.4, -0.2) is 74.6 Å². The van der Waals surface area contributed by atoms with Gasteiger partial charge in [-0.3, -0.25) is 23.4 Å². The lowest BCUT2D eigenvalue weighted by Gasteiger charge is -2.48. The van der Waals surface area contributed by atoms with Crippen LogP contribution in [0.2, 0.25) is 0 Å². The van der Waals surface area contributed by atoms with Crippen LogP contribution < -0.4 is 21.7 Å². The summed E-state index contributed by atoms with van der Waals surface area (Å²) < 4.78 is 18.6. The summed E-state index contributed by atoms with van der Waals surface area (Å²) in [4.78, 5) is 68.3. The van der Waals surface area contributed by atoms with Crippen LogP contribution in [0.15, 0.2) is 22.8 Å². The van der Waals surface area contributed by atoms with Crippen molar-refractivity contribution in [3.05, 3.63) is 24.2 Å². The largest absolute Gasteiger partial charge is 0.468 e. The van der Waals surface area contributed by atoms with Gasteiger partial charge in [0.2, 0.25) is 17.6 Å². The average Bonchev–Trinajstić information content (AvgIpc) is 3.54. The van der Waals surface area contributed by atoms with Crippen molar-refractivity contribution in [2.45, 2.75) is 122 Å². The SMILES string of the molecule is CC1(C)CC2C1CN(C(=O)[C@@H](NC(=O)NC1(CS(=O)Cc3ccco3)CCCCC1)C(C)(C)C)[C@@H]2C(=O)NC(CC1CC1)C(=O)C(N)=O. The van der Waals surface area contributed by atoms with Gasteiger partial charge in [0, 0.05) is 23.1 Å². The highest BCUT2D eigenvalue weighted by Crippen LogP contribution is 2.57. The number of hydrogen-bond acceptors (Lipinski definition) is 7. The van der Waals surface area contributed by atoms with Crippen molar-refractivity contribution in [2.75, 3.05) is 12.3 Å². The molecule has 0 radical (unpaired) electrons. The normalized spacial score (nSPS) is 26.3. The van der Waals surface area contributed by atoms with E-state index in [1.165, 1.54) is 0 Å². The molecule has 2 heterocycles. The van der Waals surface area contributed by atoms with E-state index in [0.29, 0.717) is 31.6 Å². The van der Waals surface area contributed by atoms with Crippen LogP contribution in [0.4, 0.5) is 4.79 Å². The summed E-state index contributed by atoms with van der Waals surface area (Å²) in [5.41, 5.74) is 3.84. The quantitative estimate of drug-likeness (QED) is 0.230. The number of nitrogens with zero attached hydrogens (tertiary/aromatic N) is 1. The molecule has 5 N–H and O–H groups in total. The van der Waals surface area contributed by atoms with E-state index in [9.17, 15) is 28.2 Å². The van der Waals surface area contributed by atoms with Crippen molar-refractivity contribution in [3.8, 4) is 0 Å². The lowest BCUT2D eigenvalue weighted by molar-refractivity contribution is -0.144. The molecule has 0 aromatic carbocycles. The minimum atomic E-state index is -1.28. The van der Waals surface area contributed by atoms with Gasteiger partial charge in [0.25, 0.3) is 5.91 Å². The van der Waals surface area contributed by atoms with E-state index < -0.39 is 63.5 Å². The Labute approximate surface area is 285 Å². The van der Waals surface area contributed by atoms with Gasteiger partial charge in [0.15, 0.2) is 0 Å². The Bertz CT molecular complexity index is 1410. The fourth-order valence-corrected chi connectivity index (χ4v) is 9.73. The number of carbonyl (C=O) groups excluding carboxylic acids is 5. The molecule has 13 heteroatoms. The number of carbonyl (C=O) groups is 5. The molecular formula is C35H53N5O7S. The topological polar surface area (TPSA) is 181 Å². The number of nitrogens with two attached hydrogens (primary N) is 1. The first-order chi connectivity index (χ1) is 22.5. The van der Waals surface area contributed by atoms with Crippen molar-refractivity contribution in [2.24, 2.45) is 34.3 Å². The van der Waals surface area contributed by atoms with Gasteiger partial charge in [0.05, 0.1) is 23.6 Å². The second-order valence-corrected chi connectivity index (χ2v) is 17.9. The number of urea groups is 1. The minimum absolute atomic E-state index is 0.0648. The number of ketones is 1. The molecule has 4 unspecified atom stereocenters. The van der Waals surface area contributed by atoms with E-state index in [2.05, 4.69) is 29.8 Å². The Hall–Kier alpha value is -3.22. The molecule has 266 valence electrons. The molecule has 1 aromatic heterocycles. The first-order valence-corrected chi connectivity index (χ1v) is 18.9. The van der Waals surface area contributed by atoms with Gasteiger partial charge in [-0.1, -0.05) is 66.7 Å². The molecule has 1 aromatic rings. The second kappa shape index (κ2) is 14.0. The number of Topliss-reactive ketones (excluding diaryl/α,β-unsaturated/α-hetero) is 1. The fraction of sp³-hybridized carbons (Fsp3) is 0.743. The highest BCUT2D eigenvalue weighted by atomic mass is 32.2. The molecule has 6 atom stereocenters. The minimum Gasteiger partial charge on any atom is -0.468 e. The average molecular weight is 688 g/mol. The summed E-state index contributed by atoms with van der Waals surface area (Å²) in [6.07, 6.45) is 8.63. The van der Waals surface area contributed by atoms with E-state index in [1.807, 2.05) is 20.8 Å². The molecular weight excluding hydrogens is 634 g/mol. The van der Waals surface area contributed by atoms with Crippen LogP contribution in [-0.2, 0) is 35.7 Å². The van der Waals surface area contributed by atoms with Crippen molar-refractivity contribution < 1.29 is 32.6 Å². The van der Waals surface area contributed by atoms with Gasteiger partial charge in [-0.25, -0.2) is 4.79 Å². The first-order valence-electron chi connectivity index (χ1n) is 17.4. The summed E-state index contributed by atoms with van der Waals surface area (Å²) in [6, 6.07) is 0.178. The lowest BCUT2D eigenvalue weighted by Crippen LogP contribution is -2.63. The van der Waals surface area contributed by atoms with Crippen LogP contribution in [0.3, 0.4) is 0 Å². The number of furan rings is 1. The monoisotopic (exact) mass is 687 g/mol. The predicted octanol–water partition coefficient (Wildman–Crippen LogP) is 3.16. The Kier molecular flexibility index (Phi) is 10.5. The molecule has 5 rings (SSSR count). The van der Waals surface area contributed by atoms with E-state index in [1.54, 1.807) is 23.3 Å². The third-order valence-corrected chi connectivity index (χ3v) is 12.5. The van der Waals surface area contributed by atoms with Crippen LogP contribution >= 0.6 is 0 Å². The van der Waals surface area contributed by atoms with Gasteiger partial charge < -0.3 is 31.0 Å². The van der Waals surface area contributed by atoms with Crippen molar-refractivity contribution in [1.29, 1.82) is 0 Å². The van der Waals surface area contributed by atoms with E-state index in [-0.39, 0.29) is 40.6 Å². The molecule has 0 bridgehead atoms. The summed E-state index contributed by atoms with van der Waals surface area (Å²) in [5, 5.41) is 8.89. The molecule has 4 aliphatic rings. The predicted molar refractivity (Wildman–Crippen MR) is 180 cm³/mol.